The van der Waals surface area contributed by atoms with Crippen LogP contribution in [0.5, 0.6) is 5.75 Å². The highest BCUT2D eigenvalue weighted by Gasteiger charge is 2.06. The number of carbonyl (C=O) groups is 1. The fourth-order valence-corrected chi connectivity index (χ4v) is 1.94. The van der Waals surface area contributed by atoms with Crippen LogP contribution in [-0.2, 0) is 17.8 Å². The molecule has 0 aromatic heterocycles. The van der Waals surface area contributed by atoms with E-state index in [2.05, 4.69) is 12.2 Å². The summed E-state index contributed by atoms with van der Waals surface area (Å²) in [5, 5.41) is 11.9. The van der Waals surface area contributed by atoms with Crippen molar-refractivity contribution in [1.82, 2.24) is 0 Å². The van der Waals surface area contributed by atoms with Crippen molar-refractivity contribution in [2.45, 2.75) is 20.0 Å². The lowest BCUT2D eigenvalue weighted by Gasteiger charge is -2.10. The van der Waals surface area contributed by atoms with Crippen LogP contribution in [0.3, 0.4) is 0 Å². The molecule has 1 amide bonds. The molecule has 2 aromatic carbocycles. The van der Waals surface area contributed by atoms with E-state index in [4.69, 9.17) is 4.74 Å². The number of hydrogen-bond donors (Lipinski definition) is 2. The molecule has 0 bridgehead atoms. The Morgan fingerprint density at radius 1 is 1.14 bits per heavy atom. The summed E-state index contributed by atoms with van der Waals surface area (Å²) in [6, 6.07) is 14.8. The SMILES string of the molecule is CCc1ccc(OCC(=O)Nc2ccccc2CO)cc1. The van der Waals surface area contributed by atoms with Crippen molar-refractivity contribution < 1.29 is 14.6 Å². The number of para-hydroxylation sites is 1. The molecule has 2 N–H and O–H groups in total. The molecule has 2 aromatic rings. The largest absolute Gasteiger partial charge is 0.484 e. The Balaban J connectivity index is 1.89. The van der Waals surface area contributed by atoms with E-state index in [0.717, 1.165) is 6.42 Å². The Bertz CT molecular complexity index is 593. The molecule has 0 unspecified atom stereocenters. The molecule has 0 saturated carbocycles. The van der Waals surface area contributed by atoms with E-state index in [1.54, 1.807) is 18.2 Å². The zero-order valence-electron chi connectivity index (χ0n) is 12.0. The predicted molar refractivity (Wildman–Crippen MR) is 82.3 cm³/mol. The van der Waals surface area contributed by atoms with Gasteiger partial charge in [0.05, 0.1) is 6.61 Å². The fourth-order valence-electron chi connectivity index (χ4n) is 1.94. The third kappa shape index (κ3) is 4.33. The maximum Gasteiger partial charge on any atom is 0.262 e. The number of nitrogens with one attached hydrogen (secondary N) is 1. The third-order valence-corrected chi connectivity index (χ3v) is 3.16. The molecule has 21 heavy (non-hydrogen) atoms. The molecule has 0 saturated heterocycles. The molecular weight excluding hydrogens is 266 g/mol. The van der Waals surface area contributed by atoms with Gasteiger partial charge >= 0.3 is 0 Å². The van der Waals surface area contributed by atoms with Crippen molar-refractivity contribution in [2.75, 3.05) is 11.9 Å². The van der Waals surface area contributed by atoms with E-state index in [1.807, 2.05) is 30.3 Å². The lowest BCUT2D eigenvalue weighted by Crippen LogP contribution is -2.20. The molecule has 2 rings (SSSR count). The first-order valence-corrected chi connectivity index (χ1v) is 6.93. The van der Waals surface area contributed by atoms with Crippen LogP contribution in [0.4, 0.5) is 5.69 Å². The van der Waals surface area contributed by atoms with Crippen LogP contribution in [0.1, 0.15) is 18.1 Å². The second-order valence-corrected chi connectivity index (χ2v) is 4.65. The van der Waals surface area contributed by atoms with Gasteiger partial charge in [0.2, 0.25) is 0 Å². The van der Waals surface area contributed by atoms with E-state index in [1.165, 1.54) is 5.56 Å². The second-order valence-electron chi connectivity index (χ2n) is 4.65. The van der Waals surface area contributed by atoms with Gasteiger partial charge in [0.15, 0.2) is 6.61 Å². The number of rotatable bonds is 6. The number of ether oxygens (including phenoxy) is 1. The Morgan fingerprint density at radius 2 is 1.86 bits per heavy atom. The van der Waals surface area contributed by atoms with Crippen LogP contribution < -0.4 is 10.1 Å². The number of carbonyl (C=O) groups excluding carboxylic acids is 1. The Kier molecular flexibility index (Phi) is 5.35. The topological polar surface area (TPSA) is 58.6 Å². The van der Waals surface area contributed by atoms with Crippen molar-refractivity contribution in [3.05, 3.63) is 59.7 Å². The van der Waals surface area contributed by atoms with Crippen LogP contribution in [0.25, 0.3) is 0 Å². The van der Waals surface area contributed by atoms with E-state index in [0.29, 0.717) is 17.0 Å². The van der Waals surface area contributed by atoms with Crippen molar-refractivity contribution in [3.63, 3.8) is 0 Å². The summed E-state index contributed by atoms with van der Waals surface area (Å²) in [5.74, 6) is 0.410. The average molecular weight is 285 g/mol. The van der Waals surface area contributed by atoms with E-state index in [-0.39, 0.29) is 19.1 Å². The van der Waals surface area contributed by atoms with Gasteiger partial charge in [0.25, 0.3) is 5.91 Å². The summed E-state index contributed by atoms with van der Waals surface area (Å²) in [6.07, 6.45) is 0.971. The molecule has 0 aliphatic heterocycles. The molecule has 0 heterocycles. The summed E-state index contributed by atoms with van der Waals surface area (Å²) in [5.41, 5.74) is 2.51. The summed E-state index contributed by atoms with van der Waals surface area (Å²) >= 11 is 0. The standard InChI is InChI=1S/C17H19NO3/c1-2-13-7-9-15(10-8-13)21-12-17(20)18-16-6-4-3-5-14(16)11-19/h3-10,19H,2,11-12H2,1H3,(H,18,20). The first-order valence-electron chi connectivity index (χ1n) is 6.93. The predicted octanol–water partition coefficient (Wildman–Crippen LogP) is 2.76. The van der Waals surface area contributed by atoms with E-state index >= 15 is 0 Å². The second kappa shape index (κ2) is 7.45. The van der Waals surface area contributed by atoms with Gasteiger partial charge in [-0.05, 0) is 30.2 Å². The molecule has 0 aliphatic carbocycles. The molecule has 0 atom stereocenters. The van der Waals surface area contributed by atoms with Gasteiger partial charge in [0, 0.05) is 11.3 Å². The Hall–Kier alpha value is -2.33. The number of anilines is 1. The normalized spacial score (nSPS) is 10.2. The number of amides is 1. The zero-order chi connectivity index (χ0) is 15.1. The minimum Gasteiger partial charge on any atom is -0.484 e. The summed E-state index contributed by atoms with van der Waals surface area (Å²) in [4.78, 5) is 11.9. The molecule has 4 heteroatoms. The summed E-state index contributed by atoms with van der Waals surface area (Å²) < 4.78 is 5.44. The van der Waals surface area contributed by atoms with Crippen LogP contribution in [0, 0.1) is 0 Å². The lowest BCUT2D eigenvalue weighted by molar-refractivity contribution is -0.118. The summed E-state index contributed by atoms with van der Waals surface area (Å²) in [7, 11) is 0. The number of benzene rings is 2. The van der Waals surface area contributed by atoms with Crippen LogP contribution >= 0.6 is 0 Å². The third-order valence-electron chi connectivity index (χ3n) is 3.16. The van der Waals surface area contributed by atoms with Crippen molar-refractivity contribution in [1.29, 1.82) is 0 Å². The number of aliphatic hydroxyl groups excluding tert-OH is 1. The van der Waals surface area contributed by atoms with Crippen molar-refractivity contribution in [2.24, 2.45) is 0 Å². The average Bonchev–Trinajstić information content (AvgIpc) is 2.54. The highest BCUT2D eigenvalue weighted by atomic mass is 16.5. The molecule has 110 valence electrons. The first-order chi connectivity index (χ1) is 10.2. The number of hydrogen-bond acceptors (Lipinski definition) is 3. The van der Waals surface area contributed by atoms with Crippen LogP contribution in [0.2, 0.25) is 0 Å². The van der Waals surface area contributed by atoms with Gasteiger partial charge in [-0.3, -0.25) is 4.79 Å². The number of aliphatic hydroxyl groups is 1. The monoisotopic (exact) mass is 285 g/mol. The van der Waals surface area contributed by atoms with Gasteiger partial charge in [0.1, 0.15) is 5.75 Å². The van der Waals surface area contributed by atoms with Gasteiger partial charge < -0.3 is 15.2 Å². The van der Waals surface area contributed by atoms with E-state index < -0.39 is 0 Å². The Morgan fingerprint density at radius 3 is 2.52 bits per heavy atom. The quantitative estimate of drug-likeness (QED) is 0.858. The van der Waals surface area contributed by atoms with Crippen molar-refractivity contribution >= 4 is 11.6 Å². The molecular formula is C17H19NO3. The van der Waals surface area contributed by atoms with Crippen molar-refractivity contribution in [3.8, 4) is 5.75 Å². The molecule has 0 spiro atoms. The van der Waals surface area contributed by atoms with Gasteiger partial charge in [-0.2, -0.15) is 0 Å². The summed E-state index contributed by atoms with van der Waals surface area (Å²) in [6.45, 7) is 1.91. The van der Waals surface area contributed by atoms with E-state index in [9.17, 15) is 9.90 Å². The lowest BCUT2D eigenvalue weighted by atomic mass is 10.2. The van der Waals surface area contributed by atoms with Crippen LogP contribution in [0.15, 0.2) is 48.5 Å². The maximum absolute atomic E-state index is 11.9. The highest BCUT2D eigenvalue weighted by molar-refractivity contribution is 5.92. The minimum atomic E-state index is -0.254. The maximum atomic E-state index is 11.9. The smallest absolute Gasteiger partial charge is 0.262 e. The molecule has 0 fully saturated rings. The zero-order valence-corrected chi connectivity index (χ0v) is 12.0. The molecule has 0 aliphatic rings. The molecule has 0 radical (unpaired) electrons. The van der Waals surface area contributed by atoms with Gasteiger partial charge in [-0.1, -0.05) is 37.3 Å². The minimum absolute atomic E-state index is 0.0643. The number of aryl methyl sites for hydroxylation is 1. The van der Waals surface area contributed by atoms with Gasteiger partial charge in [-0.25, -0.2) is 0 Å². The Labute approximate surface area is 124 Å². The fraction of sp³-hybridized carbons (Fsp3) is 0.235. The van der Waals surface area contributed by atoms with Crippen LogP contribution in [-0.4, -0.2) is 17.6 Å². The van der Waals surface area contributed by atoms with Gasteiger partial charge in [-0.15, -0.1) is 0 Å². The highest BCUT2D eigenvalue weighted by Crippen LogP contribution is 2.15. The molecule has 4 nitrogen and oxygen atoms in total. The first kappa shape index (κ1) is 15.1.